The second-order valence-electron chi connectivity index (χ2n) is 10.3. The summed E-state index contributed by atoms with van der Waals surface area (Å²) < 4.78 is 26.0. The van der Waals surface area contributed by atoms with Crippen LogP contribution in [0.4, 0.5) is 4.39 Å². The number of carbonyl (C=O) groups is 3. The summed E-state index contributed by atoms with van der Waals surface area (Å²) >= 11 is 0. The van der Waals surface area contributed by atoms with E-state index in [9.17, 15) is 45.0 Å². The van der Waals surface area contributed by atoms with E-state index < -0.39 is 47.1 Å². The molecule has 0 aromatic heterocycles. The lowest BCUT2D eigenvalue weighted by atomic mass is 9.63. The average Bonchev–Trinajstić information content (AvgIpc) is 2.95. The topological polar surface area (TPSA) is 210 Å². The number of ether oxygens (including phenoxy) is 2. The highest BCUT2D eigenvalue weighted by Gasteiger charge is 2.71. The van der Waals surface area contributed by atoms with Crippen molar-refractivity contribution >= 4 is 25.9 Å². The van der Waals surface area contributed by atoms with Crippen LogP contribution in [0.5, 0.6) is 5.75 Å². The summed E-state index contributed by atoms with van der Waals surface area (Å²) in [6, 6.07) is 7.92. The van der Waals surface area contributed by atoms with Crippen LogP contribution < -0.4 is 10.1 Å². The van der Waals surface area contributed by atoms with E-state index in [4.69, 9.17) is 9.47 Å². The normalized spacial score (nSPS) is 22.6. The number of rotatable bonds is 9. The molecule has 1 unspecified atom stereocenters. The molecule has 2 heterocycles. The van der Waals surface area contributed by atoms with Crippen molar-refractivity contribution in [2.75, 3.05) is 33.4 Å². The summed E-state index contributed by atoms with van der Waals surface area (Å²) in [7, 11) is 2.16. The van der Waals surface area contributed by atoms with Gasteiger partial charge in [-0.2, -0.15) is 0 Å². The summed E-state index contributed by atoms with van der Waals surface area (Å²) in [5, 5.41) is 64.3. The molecule has 1 atom stereocenters. The first-order valence-electron chi connectivity index (χ1n) is 12.8. The highest BCUT2D eigenvalue weighted by molar-refractivity contribution is 6.32. The molecule has 0 saturated carbocycles. The summed E-state index contributed by atoms with van der Waals surface area (Å²) in [6.07, 6.45) is 0.472. The van der Waals surface area contributed by atoms with E-state index in [2.05, 4.69) is 0 Å². The number of benzene rings is 2. The van der Waals surface area contributed by atoms with Crippen LogP contribution in [-0.2, 0) is 33.4 Å². The van der Waals surface area contributed by atoms with Crippen LogP contribution in [0.25, 0.3) is 0 Å². The monoisotopic (exact) mass is 591 g/mol. The molecule has 0 bridgehead atoms. The molecule has 14 nitrogen and oxygen atoms in total. The number of morpholine rings is 1. The van der Waals surface area contributed by atoms with Crippen LogP contribution >= 0.6 is 0 Å². The van der Waals surface area contributed by atoms with Crippen molar-refractivity contribution in [1.82, 2.24) is 15.1 Å². The third-order valence-corrected chi connectivity index (χ3v) is 7.88. The molecule has 2 amide bonds. The number of imide groups is 1. The van der Waals surface area contributed by atoms with Crippen LogP contribution in [0.2, 0.25) is 0 Å². The molecular formula is C26H31BFN3O11. The SMILES string of the molecule is BC1(N(C)Cc2c(C=O)cccc2OCc2ccc(C(O)(O)N3CCOCC3)cc2F)C(=O)NC(=O)C(O)(O)C1(O)O. The smallest absolute Gasteiger partial charge is 0.302 e. The molecule has 16 heteroatoms. The standard InChI is InChI=1S/C26H31BFN3O11/c1-30(23(27)21(33)29-22(34)24(35,36)26(23,39)40)12-18-15(13-32)3-2-4-20(18)42-14-16-5-6-17(11-19(16)28)25(37,38)31-7-9-41-10-8-31/h2-6,11,13,35-40H,7-10,12,14,27H2,1H3,(H,29,33,34). The minimum absolute atomic E-state index is 0.0274. The summed E-state index contributed by atoms with van der Waals surface area (Å²) in [6.45, 7) is 0.237. The molecule has 4 rings (SSSR count). The molecule has 0 radical (unpaired) electrons. The fraction of sp³-hybridized carbons (Fsp3) is 0.423. The number of amides is 2. The highest BCUT2D eigenvalue weighted by atomic mass is 19.1. The van der Waals surface area contributed by atoms with Gasteiger partial charge < -0.3 is 40.1 Å². The predicted molar refractivity (Wildman–Crippen MR) is 141 cm³/mol. The number of carbonyl (C=O) groups excluding carboxylic acids is 3. The number of piperidine rings is 1. The quantitative estimate of drug-likeness (QED) is 0.0652. The number of hydrogen-bond donors (Lipinski definition) is 7. The predicted octanol–water partition coefficient (Wildman–Crippen LogP) is -3.58. The van der Waals surface area contributed by atoms with Crippen molar-refractivity contribution in [3.8, 4) is 5.75 Å². The third kappa shape index (κ3) is 5.21. The lowest BCUT2D eigenvalue weighted by molar-refractivity contribution is -0.364. The lowest BCUT2D eigenvalue weighted by Gasteiger charge is -2.52. The molecule has 2 aliphatic heterocycles. The zero-order chi connectivity index (χ0) is 31.1. The van der Waals surface area contributed by atoms with Gasteiger partial charge in [-0.1, -0.05) is 24.3 Å². The van der Waals surface area contributed by atoms with Crippen molar-refractivity contribution < 1.29 is 58.9 Å². The van der Waals surface area contributed by atoms with E-state index in [0.717, 1.165) is 18.8 Å². The summed E-state index contributed by atoms with van der Waals surface area (Å²) in [4.78, 5) is 38.8. The molecule has 2 fully saturated rings. The number of hydrogen-bond acceptors (Lipinski definition) is 13. The van der Waals surface area contributed by atoms with Crippen LogP contribution in [0.15, 0.2) is 36.4 Å². The van der Waals surface area contributed by atoms with E-state index in [-0.39, 0.29) is 60.9 Å². The van der Waals surface area contributed by atoms with Gasteiger partial charge in [0.1, 0.15) is 31.5 Å². The van der Waals surface area contributed by atoms with Crippen molar-refractivity contribution in [2.45, 2.75) is 36.1 Å². The van der Waals surface area contributed by atoms with E-state index >= 15 is 4.39 Å². The maximum atomic E-state index is 15.0. The molecule has 0 aliphatic carbocycles. The lowest BCUT2D eigenvalue weighted by Crippen LogP contribution is -2.85. The van der Waals surface area contributed by atoms with E-state index in [1.165, 1.54) is 42.3 Å². The Hall–Kier alpha value is -3.32. The van der Waals surface area contributed by atoms with Gasteiger partial charge in [-0.05, 0) is 19.2 Å². The summed E-state index contributed by atoms with van der Waals surface area (Å²) in [5.41, 5.74) is -2.43. The van der Waals surface area contributed by atoms with Gasteiger partial charge in [-0.25, -0.2) is 9.29 Å². The second-order valence-corrected chi connectivity index (χ2v) is 10.3. The molecular weight excluding hydrogens is 560 g/mol. The number of halogens is 1. The van der Waals surface area contributed by atoms with Gasteiger partial charge in [0.2, 0.25) is 11.7 Å². The van der Waals surface area contributed by atoms with Gasteiger partial charge in [0, 0.05) is 41.9 Å². The van der Waals surface area contributed by atoms with Crippen LogP contribution in [0.1, 0.15) is 27.0 Å². The Morgan fingerprint density at radius 1 is 1.14 bits per heavy atom. The van der Waals surface area contributed by atoms with Gasteiger partial charge in [-0.3, -0.25) is 24.6 Å². The van der Waals surface area contributed by atoms with Gasteiger partial charge in [-0.15, -0.1) is 0 Å². The molecule has 2 aliphatic rings. The first-order chi connectivity index (χ1) is 19.6. The maximum absolute atomic E-state index is 15.0. The van der Waals surface area contributed by atoms with Crippen LogP contribution in [0, 0.1) is 5.82 Å². The van der Waals surface area contributed by atoms with Crippen molar-refractivity contribution in [3.63, 3.8) is 0 Å². The Bertz CT molecular complexity index is 1380. The molecule has 0 spiro atoms. The van der Waals surface area contributed by atoms with Crippen LogP contribution in [0.3, 0.4) is 0 Å². The van der Waals surface area contributed by atoms with Crippen molar-refractivity contribution in [2.24, 2.45) is 0 Å². The van der Waals surface area contributed by atoms with Gasteiger partial charge in [0.15, 0.2) is 6.29 Å². The summed E-state index contributed by atoms with van der Waals surface area (Å²) in [5.74, 6) is -13.6. The Kier molecular flexibility index (Phi) is 8.59. The van der Waals surface area contributed by atoms with Gasteiger partial charge in [0.25, 0.3) is 11.8 Å². The number of likely N-dealkylation sites (N-methyl/N-ethyl adjacent to an activating group) is 1. The van der Waals surface area contributed by atoms with Crippen LogP contribution in [-0.4, -0.2) is 117 Å². The molecule has 2 aromatic carbocycles. The Labute approximate surface area is 239 Å². The van der Waals surface area contributed by atoms with Gasteiger partial charge >= 0.3 is 5.79 Å². The number of aldehydes is 1. The molecule has 7 N–H and O–H groups in total. The van der Waals surface area contributed by atoms with E-state index in [1.807, 2.05) is 0 Å². The molecule has 226 valence electrons. The largest absolute Gasteiger partial charge is 0.488 e. The van der Waals surface area contributed by atoms with Crippen molar-refractivity contribution in [3.05, 3.63) is 64.5 Å². The Morgan fingerprint density at radius 2 is 1.81 bits per heavy atom. The number of aliphatic hydroxyl groups is 6. The molecule has 2 aromatic rings. The maximum Gasteiger partial charge on any atom is 0.302 e. The Balaban J connectivity index is 1.58. The number of nitrogens with zero attached hydrogens (tertiary/aromatic N) is 2. The average molecular weight is 591 g/mol. The second kappa shape index (κ2) is 11.4. The third-order valence-electron chi connectivity index (χ3n) is 7.88. The highest BCUT2D eigenvalue weighted by Crippen LogP contribution is 2.37. The molecule has 42 heavy (non-hydrogen) atoms. The first kappa shape index (κ1) is 31.6. The zero-order valence-electron chi connectivity index (χ0n) is 22.8. The van der Waals surface area contributed by atoms with E-state index in [1.54, 1.807) is 5.32 Å². The minimum atomic E-state index is -3.76. The number of nitrogens with one attached hydrogen (secondary N) is 1. The first-order valence-corrected chi connectivity index (χ1v) is 12.8. The molecule has 2 saturated heterocycles. The fourth-order valence-electron chi connectivity index (χ4n) is 4.89. The zero-order valence-corrected chi connectivity index (χ0v) is 22.8. The van der Waals surface area contributed by atoms with Crippen molar-refractivity contribution in [1.29, 1.82) is 0 Å². The fourth-order valence-corrected chi connectivity index (χ4v) is 4.89. The van der Waals surface area contributed by atoms with Gasteiger partial charge in [0.05, 0.1) is 13.2 Å². The van der Waals surface area contributed by atoms with E-state index in [0.29, 0.717) is 6.29 Å². The Morgan fingerprint density at radius 3 is 2.43 bits per heavy atom. The minimum Gasteiger partial charge on any atom is -0.488 e.